The molecule has 2 N–H and O–H groups in total. The number of hydrogen-bond donors (Lipinski definition) is 1. The normalized spacial score (nSPS) is 15.4. The van der Waals surface area contributed by atoms with Crippen LogP contribution >= 0.6 is 0 Å². The van der Waals surface area contributed by atoms with Crippen molar-refractivity contribution in [3.8, 4) is 0 Å². The highest BCUT2D eigenvalue weighted by Gasteiger charge is 2.21. The van der Waals surface area contributed by atoms with Crippen LogP contribution < -0.4 is 5.73 Å². The summed E-state index contributed by atoms with van der Waals surface area (Å²) >= 11 is 0. The van der Waals surface area contributed by atoms with Crippen LogP contribution in [0.4, 0.5) is 4.39 Å². The standard InChI is InChI=1S/C15H24FNO/c1-11(17)14(18-10-9-15(2,3)4)12-7-5-6-8-13(12)16/h5-8,11,14H,9-10,17H2,1-4H3. The van der Waals surface area contributed by atoms with Crippen LogP contribution in [0.15, 0.2) is 24.3 Å². The lowest BCUT2D eigenvalue weighted by molar-refractivity contribution is 0.0221. The monoisotopic (exact) mass is 253 g/mol. The molecule has 1 aromatic rings. The largest absolute Gasteiger partial charge is 0.372 e. The predicted molar refractivity (Wildman–Crippen MR) is 72.8 cm³/mol. The van der Waals surface area contributed by atoms with Crippen LogP contribution in [0.1, 0.15) is 45.8 Å². The molecule has 3 heteroatoms. The fraction of sp³-hybridized carbons (Fsp3) is 0.600. The van der Waals surface area contributed by atoms with Crippen LogP contribution in [0.25, 0.3) is 0 Å². The second-order valence-electron chi connectivity index (χ2n) is 5.98. The molecule has 0 aliphatic rings. The van der Waals surface area contributed by atoms with Crippen molar-refractivity contribution in [1.82, 2.24) is 0 Å². The highest BCUT2D eigenvalue weighted by molar-refractivity contribution is 5.21. The van der Waals surface area contributed by atoms with Crippen molar-refractivity contribution in [2.24, 2.45) is 11.1 Å². The van der Waals surface area contributed by atoms with Crippen molar-refractivity contribution in [3.63, 3.8) is 0 Å². The van der Waals surface area contributed by atoms with E-state index in [0.717, 1.165) is 6.42 Å². The summed E-state index contributed by atoms with van der Waals surface area (Å²) in [6, 6.07) is 6.42. The minimum atomic E-state index is -0.381. The third-order valence-electron chi connectivity index (χ3n) is 2.84. The van der Waals surface area contributed by atoms with Gasteiger partial charge in [-0.15, -0.1) is 0 Å². The Bertz CT molecular complexity index is 371. The van der Waals surface area contributed by atoms with Crippen molar-refractivity contribution in [1.29, 1.82) is 0 Å². The molecular formula is C15H24FNO. The van der Waals surface area contributed by atoms with E-state index in [2.05, 4.69) is 20.8 Å². The van der Waals surface area contributed by atoms with Gasteiger partial charge in [-0.1, -0.05) is 39.0 Å². The molecule has 1 aromatic carbocycles. The van der Waals surface area contributed by atoms with Gasteiger partial charge in [0, 0.05) is 18.2 Å². The van der Waals surface area contributed by atoms with Crippen LogP contribution in [0.5, 0.6) is 0 Å². The van der Waals surface area contributed by atoms with E-state index in [9.17, 15) is 4.39 Å². The van der Waals surface area contributed by atoms with Crippen LogP contribution in [0.3, 0.4) is 0 Å². The summed E-state index contributed by atoms with van der Waals surface area (Å²) in [4.78, 5) is 0. The molecule has 0 aliphatic carbocycles. The van der Waals surface area contributed by atoms with Gasteiger partial charge in [-0.25, -0.2) is 4.39 Å². The van der Waals surface area contributed by atoms with Gasteiger partial charge in [0.1, 0.15) is 11.9 Å². The molecule has 0 radical (unpaired) electrons. The molecule has 102 valence electrons. The van der Waals surface area contributed by atoms with E-state index < -0.39 is 0 Å². The van der Waals surface area contributed by atoms with E-state index >= 15 is 0 Å². The molecule has 0 bridgehead atoms. The van der Waals surface area contributed by atoms with E-state index in [1.54, 1.807) is 18.2 Å². The minimum Gasteiger partial charge on any atom is -0.372 e. The summed E-state index contributed by atoms with van der Waals surface area (Å²) in [6.07, 6.45) is 0.540. The van der Waals surface area contributed by atoms with Gasteiger partial charge in [0.2, 0.25) is 0 Å². The maximum absolute atomic E-state index is 13.7. The molecule has 1 rings (SSSR count). The number of rotatable bonds is 5. The third kappa shape index (κ3) is 4.75. The molecule has 18 heavy (non-hydrogen) atoms. The average Bonchev–Trinajstić information content (AvgIpc) is 2.24. The lowest BCUT2D eigenvalue weighted by Gasteiger charge is -2.25. The van der Waals surface area contributed by atoms with E-state index in [1.165, 1.54) is 6.07 Å². The number of benzene rings is 1. The molecule has 0 heterocycles. The van der Waals surface area contributed by atoms with Gasteiger partial charge in [0.25, 0.3) is 0 Å². The topological polar surface area (TPSA) is 35.2 Å². The summed E-state index contributed by atoms with van der Waals surface area (Å²) in [6.45, 7) is 8.89. The second kappa shape index (κ2) is 6.30. The van der Waals surface area contributed by atoms with E-state index in [4.69, 9.17) is 10.5 Å². The average molecular weight is 253 g/mol. The summed E-state index contributed by atoms with van der Waals surface area (Å²) in [5.41, 5.74) is 6.64. The Morgan fingerprint density at radius 2 is 1.89 bits per heavy atom. The molecule has 0 fully saturated rings. The Balaban J connectivity index is 2.70. The molecule has 0 saturated heterocycles. The van der Waals surface area contributed by atoms with Gasteiger partial charge in [-0.3, -0.25) is 0 Å². The highest BCUT2D eigenvalue weighted by atomic mass is 19.1. The summed E-state index contributed by atoms with van der Waals surface area (Å²) < 4.78 is 19.5. The van der Waals surface area contributed by atoms with E-state index in [0.29, 0.717) is 12.2 Å². The first-order valence-electron chi connectivity index (χ1n) is 6.43. The fourth-order valence-electron chi connectivity index (χ4n) is 1.72. The zero-order valence-electron chi connectivity index (χ0n) is 11.7. The Labute approximate surface area is 109 Å². The van der Waals surface area contributed by atoms with Gasteiger partial charge in [0.15, 0.2) is 0 Å². The van der Waals surface area contributed by atoms with Gasteiger partial charge in [-0.2, -0.15) is 0 Å². The Hall–Kier alpha value is -0.930. The van der Waals surface area contributed by atoms with Gasteiger partial charge < -0.3 is 10.5 Å². The number of ether oxygens (including phenoxy) is 1. The van der Waals surface area contributed by atoms with Crippen LogP contribution in [0.2, 0.25) is 0 Å². The zero-order chi connectivity index (χ0) is 13.8. The maximum Gasteiger partial charge on any atom is 0.129 e. The van der Waals surface area contributed by atoms with Crippen LogP contribution in [0, 0.1) is 11.2 Å². The highest BCUT2D eigenvalue weighted by Crippen LogP contribution is 2.25. The third-order valence-corrected chi connectivity index (χ3v) is 2.84. The van der Waals surface area contributed by atoms with Crippen molar-refractivity contribution in [2.45, 2.75) is 46.3 Å². The Morgan fingerprint density at radius 3 is 2.39 bits per heavy atom. The molecule has 2 unspecified atom stereocenters. The summed E-state index contributed by atoms with van der Waals surface area (Å²) in [7, 11) is 0. The predicted octanol–water partition coefficient (Wildman–Crippen LogP) is 3.67. The fourth-order valence-corrected chi connectivity index (χ4v) is 1.72. The SMILES string of the molecule is CC(N)C(OCCC(C)(C)C)c1ccccc1F. The van der Waals surface area contributed by atoms with Gasteiger partial charge in [0.05, 0.1) is 0 Å². The molecule has 0 amide bonds. The minimum absolute atomic E-state index is 0.206. The zero-order valence-corrected chi connectivity index (χ0v) is 11.7. The molecule has 0 saturated carbocycles. The van der Waals surface area contributed by atoms with Crippen molar-refractivity contribution >= 4 is 0 Å². The van der Waals surface area contributed by atoms with Crippen LogP contribution in [-0.2, 0) is 4.74 Å². The number of hydrogen-bond acceptors (Lipinski definition) is 2. The number of nitrogens with two attached hydrogens (primary N) is 1. The first-order valence-corrected chi connectivity index (χ1v) is 6.43. The lowest BCUT2D eigenvalue weighted by atomic mass is 9.93. The molecule has 2 atom stereocenters. The quantitative estimate of drug-likeness (QED) is 0.869. The molecule has 0 aromatic heterocycles. The molecular weight excluding hydrogens is 229 g/mol. The van der Waals surface area contributed by atoms with Crippen molar-refractivity contribution < 1.29 is 9.13 Å². The van der Waals surface area contributed by atoms with Gasteiger partial charge >= 0.3 is 0 Å². The van der Waals surface area contributed by atoms with E-state index in [1.807, 2.05) is 6.92 Å². The first-order chi connectivity index (χ1) is 8.31. The molecule has 0 aliphatic heterocycles. The lowest BCUT2D eigenvalue weighted by Crippen LogP contribution is -2.28. The van der Waals surface area contributed by atoms with Gasteiger partial charge in [-0.05, 0) is 24.8 Å². The smallest absolute Gasteiger partial charge is 0.129 e. The summed E-state index contributed by atoms with van der Waals surface area (Å²) in [5, 5.41) is 0. The van der Waals surface area contributed by atoms with Crippen molar-refractivity contribution in [2.75, 3.05) is 6.61 Å². The number of halogens is 1. The van der Waals surface area contributed by atoms with E-state index in [-0.39, 0.29) is 23.4 Å². The Morgan fingerprint density at radius 1 is 1.28 bits per heavy atom. The summed E-state index contributed by atoms with van der Waals surface area (Å²) in [5.74, 6) is -0.254. The Kier molecular flexibility index (Phi) is 5.29. The molecule has 2 nitrogen and oxygen atoms in total. The maximum atomic E-state index is 13.7. The van der Waals surface area contributed by atoms with Crippen LogP contribution in [-0.4, -0.2) is 12.6 Å². The van der Waals surface area contributed by atoms with Crippen molar-refractivity contribution in [3.05, 3.63) is 35.6 Å². The second-order valence-corrected chi connectivity index (χ2v) is 5.98. The first kappa shape index (κ1) is 15.1. The molecule has 0 spiro atoms.